The summed E-state index contributed by atoms with van der Waals surface area (Å²) in [5, 5.41) is 9.61. The Morgan fingerprint density at radius 2 is 2.09 bits per heavy atom. The van der Waals surface area contributed by atoms with Gasteiger partial charge in [0.1, 0.15) is 23.9 Å². The second kappa shape index (κ2) is 9.01. The summed E-state index contributed by atoms with van der Waals surface area (Å²) in [6.45, 7) is 1.81. The predicted molar refractivity (Wildman–Crippen MR) is 118 cm³/mol. The highest BCUT2D eigenvalue weighted by atomic mass is 16.5. The number of nitrogens with two attached hydrogens (primary N) is 1. The molecule has 1 aromatic heterocycles. The van der Waals surface area contributed by atoms with Crippen LogP contribution < -0.4 is 25.3 Å². The molecule has 1 aliphatic heterocycles. The summed E-state index contributed by atoms with van der Waals surface area (Å²) in [5.74, 6) is 0.568. The summed E-state index contributed by atoms with van der Waals surface area (Å²) in [7, 11) is 1.59. The molecule has 2 amide bonds. The van der Waals surface area contributed by atoms with E-state index in [1.54, 1.807) is 38.6 Å². The molecule has 32 heavy (non-hydrogen) atoms. The Bertz CT molecular complexity index is 1130. The van der Waals surface area contributed by atoms with Gasteiger partial charge in [-0.25, -0.2) is 0 Å². The van der Waals surface area contributed by atoms with Crippen LogP contribution in [0.15, 0.2) is 48.8 Å². The molecule has 3 aromatic rings. The number of anilines is 1. The summed E-state index contributed by atoms with van der Waals surface area (Å²) in [6.07, 6.45) is 3.04. The molecule has 0 fully saturated rings. The average molecular weight is 436 g/mol. The first-order chi connectivity index (χ1) is 15.4. The third-order valence-corrected chi connectivity index (χ3v) is 5.32. The molecule has 0 radical (unpaired) electrons. The van der Waals surface area contributed by atoms with Crippen molar-refractivity contribution in [2.24, 2.45) is 11.7 Å². The van der Waals surface area contributed by atoms with Gasteiger partial charge >= 0.3 is 0 Å². The van der Waals surface area contributed by atoms with Gasteiger partial charge < -0.3 is 25.3 Å². The zero-order chi connectivity index (χ0) is 22.7. The van der Waals surface area contributed by atoms with Crippen molar-refractivity contribution in [3.8, 4) is 28.4 Å². The van der Waals surface area contributed by atoms with Crippen molar-refractivity contribution in [3.05, 3.63) is 54.4 Å². The van der Waals surface area contributed by atoms with Crippen molar-refractivity contribution in [2.45, 2.75) is 19.4 Å². The number of nitrogens with one attached hydrogen (secondary N) is 2. The number of aromatic amines is 1. The second-order valence-corrected chi connectivity index (χ2v) is 7.54. The van der Waals surface area contributed by atoms with Gasteiger partial charge in [-0.05, 0) is 54.8 Å². The Morgan fingerprint density at radius 1 is 1.25 bits per heavy atom. The van der Waals surface area contributed by atoms with Gasteiger partial charge in [-0.2, -0.15) is 5.10 Å². The Labute approximate surface area is 184 Å². The lowest BCUT2D eigenvalue weighted by Crippen LogP contribution is -2.33. The van der Waals surface area contributed by atoms with Gasteiger partial charge in [0.2, 0.25) is 5.91 Å². The minimum Gasteiger partial charge on any atom is -0.497 e. The summed E-state index contributed by atoms with van der Waals surface area (Å²) in [6, 6.07) is 10.8. The molecule has 9 heteroatoms. The normalized spacial score (nSPS) is 15.8. The van der Waals surface area contributed by atoms with Crippen molar-refractivity contribution < 1.29 is 23.8 Å². The molecule has 0 bridgehead atoms. The van der Waals surface area contributed by atoms with E-state index in [1.807, 2.05) is 24.3 Å². The van der Waals surface area contributed by atoms with E-state index in [0.717, 1.165) is 22.4 Å². The van der Waals surface area contributed by atoms with E-state index in [9.17, 15) is 9.59 Å². The lowest BCUT2D eigenvalue weighted by Gasteiger charge is -2.25. The molecule has 0 saturated carbocycles. The fourth-order valence-electron chi connectivity index (χ4n) is 3.46. The molecule has 2 aromatic carbocycles. The summed E-state index contributed by atoms with van der Waals surface area (Å²) < 4.78 is 16.8. The molecule has 1 aliphatic rings. The van der Waals surface area contributed by atoms with Crippen molar-refractivity contribution >= 4 is 17.5 Å². The number of amides is 2. The number of hydrogen-bond acceptors (Lipinski definition) is 6. The maximum Gasteiger partial charge on any atom is 0.258 e. The van der Waals surface area contributed by atoms with Gasteiger partial charge in [0, 0.05) is 11.8 Å². The number of carbonyl (C=O) groups is 2. The van der Waals surface area contributed by atoms with E-state index in [-0.39, 0.29) is 12.5 Å². The van der Waals surface area contributed by atoms with E-state index in [4.69, 9.17) is 19.9 Å². The van der Waals surface area contributed by atoms with Crippen LogP contribution in [0.2, 0.25) is 0 Å². The largest absolute Gasteiger partial charge is 0.497 e. The number of rotatable bonds is 7. The van der Waals surface area contributed by atoms with E-state index in [0.29, 0.717) is 23.6 Å². The number of aromatic nitrogens is 2. The number of fused-ring (bicyclic) bond motifs is 1. The SMILES string of the molecule is COc1ccc2c(c1)C[C@@H](C(=O)Nc1ccc(-c3cn[nH]c3)cc1O[C@@H](C)C(N)=O)CO2. The Hall–Kier alpha value is -4.01. The molecule has 0 aliphatic carbocycles. The molecule has 4 rings (SSSR count). The van der Waals surface area contributed by atoms with Crippen molar-refractivity contribution in [1.29, 1.82) is 0 Å². The summed E-state index contributed by atoms with van der Waals surface area (Å²) >= 11 is 0. The average Bonchev–Trinajstić information content (AvgIpc) is 3.34. The van der Waals surface area contributed by atoms with Crippen LogP contribution in [-0.4, -0.2) is 41.8 Å². The summed E-state index contributed by atoms with van der Waals surface area (Å²) in [4.78, 5) is 24.6. The Kier molecular flexibility index (Phi) is 5.98. The third kappa shape index (κ3) is 4.51. The Morgan fingerprint density at radius 3 is 2.81 bits per heavy atom. The summed E-state index contributed by atoms with van der Waals surface area (Å²) in [5.41, 5.74) is 8.35. The van der Waals surface area contributed by atoms with Crippen LogP contribution in [0, 0.1) is 5.92 Å². The van der Waals surface area contributed by atoms with E-state index in [2.05, 4.69) is 15.5 Å². The molecule has 0 saturated heterocycles. The Balaban J connectivity index is 1.55. The number of methoxy groups -OCH3 is 1. The highest BCUT2D eigenvalue weighted by molar-refractivity contribution is 5.95. The number of ether oxygens (including phenoxy) is 3. The minimum absolute atomic E-state index is 0.217. The van der Waals surface area contributed by atoms with Gasteiger partial charge in [-0.15, -0.1) is 0 Å². The zero-order valence-electron chi connectivity index (χ0n) is 17.8. The van der Waals surface area contributed by atoms with Crippen LogP contribution in [0.5, 0.6) is 17.2 Å². The lowest BCUT2D eigenvalue weighted by atomic mass is 9.95. The van der Waals surface area contributed by atoms with Crippen LogP contribution in [0.4, 0.5) is 5.69 Å². The number of carbonyl (C=O) groups excluding carboxylic acids is 2. The number of hydrogen-bond donors (Lipinski definition) is 3. The van der Waals surface area contributed by atoms with Gasteiger partial charge in [-0.3, -0.25) is 14.7 Å². The van der Waals surface area contributed by atoms with Gasteiger partial charge in [0.25, 0.3) is 5.91 Å². The molecule has 0 spiro atoms. The van der Waals surface area contributed by atoms with Crippen molar-refractivity contribution in [2.75, 3.05) is 19.0 Å². The standard InChI is InChI=1S/C23H24N4O5/c1-13(22(24)28)32-21-9-14(17-10-25-26-11-17)3-5-19(21)27-23(29)16-7-15-8-18(30-2)4-6-20(15)31-12-16/h3-6,8-11,13,16H,7,12H2,1-2H3,(H2,24,28)(H,25,26)(H,27,29)/t13-,16+/m0/s1. The van der Waals surface area contributed by atoms with E-state index < -0.39 is 17.9 Å². The second-order valence-electron chi connectivity index (χ2n) is 7.54. The maximum atomic E-state index is 13.0. The van der Waals surface area contributed by atoms with Crippen LogP contribution in [0.25, 0.3) is 11.1 Å². The molecular formula is C23H24N4O5. The molecule has 4 N–H and O–H groups in total. The van der Waals surface area contributed by atoms with Crippen molar-refractivity contribution in [3.63, 3.8) is 0 Å². The highest BCUT2D eigenvalue weighted by Gasteiger charge is 2.27. The lowest BCUT2D eigenvalue weighted by molar-refractivity contribution is -0.124. The molecule has 166 valence electrons. The van der Waals surface area contributed by atoms with Gasteiger partial charge in [0.15, 0.2) is 6.10 Å². The first-order valence-electron chi connectivity index (χ1n) is 10.1. The van der Waals surface area contributed by atoms with Crippen LogP contribution in [0.3, 0.4) is 0 Å². The monoisotopic (exact) mass is 436 g/mol. The first-order valence-corrected chi connectivity index (χ1v) is 10.1. The highest BCUT2D eigenvalue weighted by Crippen LogP contribution is 2.34. The molecule has 2 atom stereocenters. The zero-order valence-corrected chi connectivity index (χ0v) is 17.8. The number of benzene rings is 2. The molecule has 0 unspecified atom stereocenters. The van der Waals surface area contributed by atoms with E-state index in [1.165, 1.54) is 0 Å². The molecular weight excluding hydrogens is 412 g/mol. The van der Waals surface area contributed by atoms with Crippen LogP contribution in [-0.2, 0) is 16.0 Å². The predicted octanol–water partition coefficient (Wildman–Crippen LogP) is 2.53. The third-order valence-electron chi connectivity index (χ3n) is 5.32. The number of primary amides is 1. The maximum absolute atomic E-state index is 13.0. The number of nitrogens with zero attached hydrogens (tertiary/aromatic N) is 1. The quantitative estimate of drug-likeness (QED) is 0.522. The first kappa shape index (κ1) is 21.2. The van der Waals surface area contributed by atoms with Gasteiger partial charge in [0.05, 0.1) is 24.9 Å². The molecule has 2 heterocycles. The number of H-pyrrole nitrogens is 1. The minimum atomic E-state index is -0.873. The topological polar surface area (TPSA) is 129 Å². The molecule has 9 nitrogen and oxygen atoms in total. The van der Waals surface area contributed by atoms with E-state index >= 15 is 0 Å². The van der Waals surface area contributed by atoms with Crippen LogP contribution >= 0.6 is 0 Å². The fourth-order valence-corrected chi connectivity index (χ4v) is 3.46. The van der Waals surface area contributed by atoms with Gasteiger partial charge in [-0.1, -0.05) is 6.07 Å². The van der Waals surface area contributed by atoms with Crippen LogP contribution in [0.1, 0.15) is 12.5 Å². The van der Waals surface area contributed by atoms with Crippen molar-refractivity contribution in [1.82, 2.24) is 10.2 Å². The fraction of sp³-hybridized carbons (Fsp3) is 0.261. The smallest absolute Gasteiger partial charge is 0.258 e.